The molecule has 0 heterocycles. The van der Waals surface area contributed by atoms with E-state index in [-0.39, 0.29) is 11.7 Å². The van der Waals surface area contributed by atoms with E-state index in [1.807, 2.05) is 6.92 Å². The second kappa shape index (κ2) is 7.41. The number of carbonyl (C=O) groups is 1. The van der Waals surface area contributed by atoms with Crippen molar-refractivity contribution in [2.75, 3.05) is 7.11 Å². The maximum absolute atomic E-state index is 11.4. The summed E-state index contributed by atoms with van der Waals surface area (Å²) >= 11 is 0. The molecule has 1 amide bonds. The number of hydrogen-bond donors (Lipinski definition) is 2. The molecule has 0 atom stereocenters. The van der Waals surface area contributed by atoms with Crippen LogP contribution in [0.2, 0.25) is 0 Å². The Kier molecular flexibility index (Phi) is 5.85. The van der Waals surface area contributed by atoms with Crippen molar-refractivity contribution in [2.24, 2.45) is 5.10 Å². The molecule has 2 N–H and O–H groups in total. The Hall–Kier alpha value is -2.04. The maximum Gasteiger partial charge on any atom is 0.240 e. The highest BCUT2D eigenvalue weighted by molar-refractivity contribution is 5.99. The molecule has 1 rings (SSSR count). The average molecular weight is 264 g/mol. The number of carbonyl (C=O) groups excluding carboxylic acids is 1. The van der Waals surface area contributed by atoms with Gasteiger partial charge >= 0.3 is 0 Å². The number of phenols is 1. The van der Waals surface area contributed by atoms with Crippen molar-refractivity contribution >= 4 is 11.6 Å². The van der Waals surface area contributed by atoms with Crippen molar-refractivity contribution in [3.05, 3.63) is 23.8 Å². The van der Waals surface area contributed by atoms with Crippen LogP contribution < -0.4 is 10.2 Å². The van der Waals surface area contributed by atoms with Crippen molar-refractivity contribution in [3.63, 3.8) is 0 Å². The number of ether oxygens (including phenoxy) is 1. The van der Waals surface area contributed by atoms with Gasteiger partial charge in [0.25, 0.3) is 0 Å². The Balaban J connectivity index is 2.71. The third kappa shape index (κ3) is 4.62. The van der Waals surface area contributed by atoms with E-state index >= 15 is 0 Å². The lowest BCUT2D eigenvalue weighted by atomic mass is 10.1. The van der Waals surface area contributed by atoms with Crippen LogP contribution in [0.25, 0.3) is 0 Å². The smallest absolute Gasteiger partial charge is 0.240 e. The van der Waals surface area contributed by atoms with Crippen molar-refractivity contribution in [1.29, 1.82) is 0 Å². The van der Waals surface area contributed by atoms with E-state index in [9.17, 15) is 9.90 Å². The Morgan fingerprint density at radius 3 is 2.84 bits per heavy atom. The number of benzene rings is 1. The highest BCUT2D eigenvalue weighted by atomic mass is 16.5. The molecule has 0 bridgehead atoms. The van der Waals surface area contributed by atoms with Crippen molar-refractivity contribution in [3.8, 4) is 11.5 Å². The van der Waals surface area contributed by atoms with Gasteiger partial charge in [0.05, 0.1) is 12.8 Å². The summed E-state index contributed by atoms with van der Waals surface area (Å²) in [5.74, 6) is 0.363. The zero-order chi connectivity index (χ0) is 14.3. The van der Waals surface area contributed by atoms with Crippen LogP contribution in [0.3, 0.4) is 0 Å². The largest absolute Gasteiger partial charge is 0.504 e. The molecule has 5 nitrogen and oxygen atoms in total. The minimum Gasteiger partial charge on any atom is -0.504 e. The number of aromatic hydroxyl groups is 1. The molecular weight excluding hydrogens is 244 g/mol. The van der Waals surface area contributed by atoms with Crippen LogP contribution in [0.1, 0.15) is 38.7 Å². The molecular formula is C14H20N2O3. The number of nitrogens with one attached hydrogen (secondary N) is 1. The lowest BCUT2D eigenvalue weighted by Crippen LogP contribution is -2.18. The lowest BCUT2D eigenvalue weighted by Gasteiger charge is -2.06. The van der Waals surface area contributed by atoms with Crippen molar-refractivity contribution < 1.29 is 14.6 Å². The van der Waals surface area contributed by atoms with Gasteiger partial charge < -0.3 is 9.84 Å². The summed E-state index contributed by atoms with van der Waals surface area (Å²) in [6.45, 7) is 3.82. The van der Waals surface area contributed by atoms with Gasteiger partial charge in [0.15, 0.2) is 11.5 Å². The molecule has 0 radical (unpaired) electrons. The molecule has 19 heavy (non-hydrogen) atoms. The van der Waals surface area contributed by atoms with Crippen LogP contribution in [0.5, 0.6) is 11.5 Å². The fourth-order valence-electron chi connectivity index (χ4n) is 1.51. The molecule has 1 aromatic carbocycles. The van der Waals surface area contributed by atoms with Crippen LogP contribution >= 0.6 is 0 Å². The first-order chi connectivity index (χ1) is 9.08. The summed E-state index contributed by atoms with van der Waals surface area (Å²) in [6, 6.07) is 4.92. The molecule has 0 aliphatic carbocycles. The molecule has 0 unspecified atom stereocenters. The minimum atomic E-state index is -0.0908. The van der Waals surface area contributed by atoms with Crippen molar-refractivity contribution in [1.82, 2.24) is 5.43 Å². The summed E-state index contributed by atoms with van der Waals surface area (Å²) in [4.78, 5) is 11.4. The number of hydrazone groups is 1. The minimum absolute atomic E-state index is 0.0750. The Bertz CT molecular complexity index is 470. The van der Waals surface area contributed by atoms with E-state index in [1.165, 1.54) is 13.2 Å². The van der Waals surface area contributed by atoms with Gasteiger partial charge in [-0.3, -0.25) is 4.79 Å². The summed E-state index contributed by atoms with van der Waals surface area (Å²) in [7, 11) is 1.48. The fourth-order valence-corrected chi connectivity index (χ4v) is 1.51. The monoisotopic (exact) mass is 264 g/mol. The normalized spacial score (nSPS) is 11.2. The van der Waals surface area contributed by atoms with Crippen LogP contribution in [0, 0.1) is 0 Å². The summed E-state index contributed by atoms with van der Waals surface area (Å²) < 4.78 is 5.02. The first kappa shape index (κ1) is 15.0. The van der Waals surface area contributed by atoms with Gasteiger partial charge in [-0.1, -0.05) is 13.3 Å². The van der Waals surface area contributed by atoms with Gasteiger partial charge in [0, 0.05) is 12.0 Å². The standard InChI is InChI=1S/C14H20N2O3/c1-4-5-6-14(18)16-15-10(2)11-7-8-12(17)13(9-11)19-3/h7-9,17H,4-6H2,1-3H3,(H,16,18). The first-order valence-electron chi connectivity index (χ1n) is 6.29. The average Bonchev–Trinajstić information content (AvgIpc) is 2.42. The molecule has 0 aromatic heterocycles. The number of unbranched alkanes of at least 4 members (excludes halogenated alkanes) is 1. The highest BCUT2D eigenvalue weighted by Gasteiger charge is 2.05. The fraction of sp³-hybridized carbons (Fsp3) is 0.429. The molecule has 0 saturated carbocycles. The van der Waals surface area contributed by atoms with E-state index in [0.717, 1.165) is 18.4 Å². The Morgan fingerprint density at radius 1 is 1.47 bits per heavy atom. The number of rotatable bonds is 6. The van der Waals surface area contributed by atoms with Crippen molar-refractivity contribution in [2.45, 2.75) is 33.1 Å². The number of nitrogens with zero attached hydrogens (tertiary/aromatic N) is 1. The molecule has 0 aliphatic heterocycles. The predicted molar refractivity (Wildman–Crippen MR) is 74.5 cm³/mol. The summed E-state index contributed by atoms with van der Waals surface area (Å²) in [6.07, 6.45) is 2.31. The third-order valence-corrected chi connectivity index (χ3v) is 2.70. The highest BCUT2D eigenvalue weighted by Crippen LogP contribution is 2.26. The molecule has 0 saturated heterocycles. The number of hydrogen-bond acceptors (Lipinski definition) is 4. The number of amides is 1. The van der Waals surface area contributed by atoms with E-state index in [4.69, 9.17) is 4.74 Å². The number of phenolic OH excluding ortho intramolecular Hbond substituents is 1. The molecule has 1 aromatic rings. The van der Waals surface area contributed by atoms with Crippen LogP contribution in [-0.4, -0.2) is 23.8 Å². The van der Waals surface area contributed by atoms with Gasteiger partial charge in [-0.15, -0.1) is 0 Å². The quantitative estimate of drug-likeness (QED) is 0.612. The second-order valence-electron chi connectivity index (χ2n) is 4.22. The number of methoxy groups -OCH3 is 1. The van der Waals surface area contributed by atoms with Gasteiger partial charge in [0.2, 0.25) is 5.91 Å². The zero-order valence-corrected chi connectivity index (χ0v) is 11.6. The third-order valence-electron chi connectivity index (χ3n) is 2.70. The zero-order valence-electron chi connectivity index (χ0n) is 11.6. The summed E-state index contributed by atoms with van der Waals surface area (Å²) in [5.41, 5.74) is 3.95. The Morgan fingerprint density at radius 2 is 2.21 bits per heavy atom. The first-order valence-corrected chi connectivity index (χ1v) is 6.29. The van der Waals surface area contributed by atoms with Gasteiger partial charge in [-0.25, -0.2) is 5.43 Å². The topological polar surface area (TPSA) is 70.9 Å². The lowest BCUT2D eigenvalue weighted by molar-refractivity contribution is -0.121. The second-order valence-corrected chi connectivity index (χ2v) is 4.22. The molecule has 0 aliphatic rings. The van der Waals surface area contributed by atoms with Crippen LogP contribution in [0.4, 0.5) is 0 Å². The van der Waals surface area contributed by atoms with Gasteiger partial charge in [-0.05, 0) is 31.5 Å². The van der Waals surface area contributed by atoms with Gasteiger partial charge in [0.1, 0.15) is 0 Å². The van der Waals surface area contributed by atoms with Crippen LogP contribution in [-0.2, 0) is 4.79 Å². The SMILES string of the molecule is CCCCC(=O)NN=C(C)c1ccc(O)c(OC)c1. The molecule has 0 fully saturated rings. The Labute approximate surface area is 113 Å². The van der Waals surface area contributed by atoms with E-state index in [1.54, 1.807) is 19.1 Å². The maximum atomic E-state index is 11.4. The van der Waals surface area contributed by atoms with E-state index in [0.29, 0.717) is 17.9 Å². The molecule has 0 spiro atoms. The van der Waals surface area contributed by atoms with E-state index < -0.39 is 0 Å². The molecule has 5 heteroatoms. The predicted octanol–water partition coefficient (Wildman–Crippen LogP) is 2.43. The van der Waals surface area contributed by atoms with Crippen LogP contribution in [0.15, 0.2) is 23.3 Å². The van der Waals surface area contributed by atoms with E-state index in [2.05, 4.69) is 10.5 Å². The molecule has 104 valence electrons. The van der Waals surface area contributed by atoms with Gasteiger partial charge in [-0.2, -0.15) is 5.10 Å². The summed E-state index contributed by atoms with van der Waals surface area (Å²) in [5, 5.41) is 13.5.